The fourth-order valence-electron chi connectivity index (χ4n) is 1.55. The number of aliphatic hydroxyl groups is 1. The van der Waals surface area contributed by atoms with Gasteiger partial charge in [-0.05, 0) is 31.0 Å². The molecule has 19 heavy (non-hydrogen) atoms. The monoisotopic (exact) mass is 283 g/mol. The first-order chi connectivity index (χ1) is 9.17. The second-order valence-electron chi connectivity index (χ2n) is 4.21. The fraction of sp³-hybridized carbons (Fsp3) is 0.500. The van der Waals surface area contributed by atoms with Crippen molar-refractivity contribution in [2.24, 2.45) is 4.99 Å². The molecule has 3 N–H and O–H groups in total. The van der Waals surface area contributed by atoms with Gasteiger partial charge < -0.3 is 15.7 Å². The smallest absolute Gasteiger partial charge is 0.191 e. The predicted molar refractivity (Wildman–Crippen MR) is 80.7 cm³/mol. The molecule has 1 rings (SSSR count). The number of aliphatic hydroxyl groups excluding tert-OH is 1. The molecule has 0 amide bonds. The van der Waals surface area contributed by atoms with E-state index in [-0.39, 0.29) is 0 Å². The summed E-state index contributed by atoms with van der Waals surface area (Å²) in [5, 5.41) is 17.0. The summed E-state index contributed by atoms with van der Waals surface area (Å²) in [6.07, 6.45) is 0.416. The third-order valence-electron chi connectivity index (χ3n) is 2.56. The van der Waals surface area contributed by atoms with Crippen molar-refractivity contribution < 1.29 is 5.11 Å². The van der Waals surface area contributed by atoms with E-state index >= 15 is 0 Å². The molecule has 5 heteroatoms. The van der Waals surface area contributed by atoms with Gasteiger partial charge in [0, 0.05) is 18.1 Å². The Kier molecular flexibility index (Phi) is 7.30. The molecule has 0 aliphatic heterocycles. The molecule has 0 spiro atoms. The lowest BCUT2D eigenvalue weighted by Gasteiger charge is -2.12. The first-order valence-electron chi connectivity index (χ1n) is 6.63. The van der Waals surface area contributed by atoms with Gasteiger partial charge in [-0.15, -0.1) is 0 Å². The Hall–Kier alpha value is -1.26. The maximum Gasteiger partial charge on any atom is 0.191 e. The van der Waals surface area contributed by atoms with Crippen LogP contribution >= 0.6 is 11.6 Å². The van der Waals surface area contributed by atoms with E-state index < -0.39 is 6.10 Å². The standard InChI is InChI=1S/C14H22ClN3O/c1-3-9-17-14(16-4-2)18-10-13(19)11-5-7-12(15)8-6-11/h5-8,13,19H,3-4,9-10H2,1-2H3,(H2,16,17,18). The van der Waals surface area contributed by atoms with E-state index in [1.165, 1.54) is 0 Å². The fourth-order valence-corrected chi connectivity index (χ4v) is 1.68. The van der Waals surface area contributed by atoms with Crippen molar-refractivity contribution in [3.05, 3.63) is 34.9 Å². The molecule has 0 radical (unpaired) electrons. The highest BCUT2D eigenvalue weighted by Crippen LogP contribution is 2.16. The molecule has 106 valence electrons. The Morgan fingerprint density at radius 3 is 2.53 bits per heavy atom. The van der Waals surface area contributed by atoms with Crippen LogP contribution in [0.25, 0.3) is 0 Å². The summed E-state index contributed by atoms with van der Waals surface area (Å²) in [6, 6.07) is 7.17. The molecule has 1 unspecified atom stereocenters. The molecule has 1 atom stereocenters. The molecule has 1 aromatic carbocycles. The lowest BCUT2D eigenvalue weighted by Crippen LogP contribution is -2.37. The number of hydrogen-bond donors (Lipinski definition) is 3. The summed E-state index contributed by atoms with van der Waals surface area (Å²) >= 11 is 5.81. The number of hydrogen-bond acceptors (Lipinski definition) is 2. The van der Waals surface area contributed by atoms with Gasteiger partial charge in [0.1, 0.15) is 0 Å². The number of guanidine groups is 1. The summed E-state index contributed by atoms with van der Waals surface area (Å²) < 4.78 is 0. The number of rotatable bonds is 6. The Balaban J connectivity index is 2.57. The zero-order valence-electron chi connectivity index (χ0n) is 11.5. The van der Waals surface area contributed by atoms with Crippen LogP contribution in [0.3, 0.4) is 0 Å². The van der Waals surface area contributed by atoms with Crippen LogP contribution in [0.1, 0.15) is 31.9 Å². The average molecular weight is 284 g/mol. The molecular weight excluding hydrogens is 262 g/mol. The highest BCUT2D eigenvalue weighted by molar-refractivity contribution is 6.30. The number of nitrogens with zero attached hydrogens (tertiary/aromatic N) is 1. The van der Waals surface area contributed by atoms with Crippen molar-refractivity contribution in [2.45, 2.75) is 26.4 Å². The maximum absolute atomic E-state index is 10.0. The minimum absolute atomic E-state index is 0.320. The van der Waals surface area contributed by atoms with Crippen LogP contribution in [0.4, 0.5) is 0 Å². The maximum atomic E-state index is 10.0. The molecule has 0 aliphatic rings. The van der Waals surface area contributed by atoms with Crippen molar-refractivity contribution >= 4 is 17.6 Å². The molecule has 0 saturated heterocycles. The first kappa shape index (κ1) is 15.8. The molecule has 4 nitrogen and oxygen atoms in total. The van der Waals surface area contributed by atoms with Gasteiger partial charge in [-0.2, -0.15) is 0 Å². The number of nitrogens with one attached hydrogen (secondary N) is 2. The van der Waals surface area contributed by atoms with E-state index in [4.69, 9.17) is 11.6 Å². The molecule has 0 aliphatic carbocycles. The summed E-state index contributed by atoms with van der Waals surface area (Å²) in [6.45, 7) is 6.09. The van der Waals surface area contributed by atoms with Crippen LogP contribution in [0.5, 0.6) is 0 Å². The van der Waals surface area contributed by atoms with Crippen LogP contribution in [0.2, 0.25) is 5.02 Å². The lowest BCUT2D eigenvalue weighted by atomic mass is 10.1. The third kappa shape index (κ3) is 5.94. The largest absolute Gasteiger partial charge is 0.386 e. The van der Waals surface area contributed by atoms with Gasteiger partial charge in [-0.3, -0.25) is 4.99 Å². The average Bonchev–Trinajstić information content (AvgIpc) is 2.42. The van der Waals surface area contributed by atoms with Gasteiger partial charge >= 0.3 is 0 Å². The first-order valence-corrected chi connectivity index (χ1v) is 7.00. The summed E-state index contributed by atoms with van der Waals surface area (Å²) in [4.78, 5) is 4.36. The normalized spacial score (nSPS) is 13.2. The van der Waals surface area contributed by atoms with E-state index in [2.05, 4.69) is 22.5 Å². The molecule has 0 bridgehead atoms. The van der Waals surface area contributed by atoms with Gasteiger partial charge in [0.15, 0.2) is 5.96 Å². The number of halogens is 1. The van der Waals surface area contributed by atoms with Crippen molar-refractivity contribution in [1.29, 1.82) is 0 Å². The van der Waals surface area contributed by atoms with Crippen molar-refractivity contribution in [1.82, 2.24) is 10.6 Å². The van der Waals surface area contributed by atoms with Crippen LogP contribution in [0.15, 0.2) is 29.3 Å². The molecule has 0 saturated carbocycles. The minimum atomic E-state index is -0.616. The van der Waals surface area contributed by atoms with Crippen molar-refractivity contribution in [2.75, 3.05) is 19.6 Å². The van der Waals surface area contributed by atoms with Crippen molar-refractivity contribution in [3.8, 4) is 0 Å². The molecular formula is C14H22ClN3O. The van der Waals surface area contributed by atoms with Gasteiger partial charge in [0.25, 0.3) is 0 Å². The van der Waals surface area contributed by atoms with Crippen LogP contribution in [-0.4, -0.2) is 30.7 Å². The Morgan fingerprint density at radius 2 is 1.95 bits per heavy atom. The van der Waals surface area contributed by atoms with Gasteiger partial charge in [-0.25, -0.2) is 0 Å². The summed E-state index contributed by atoms with van der Waals surface area (Å²) in [7, 11) is 0. The van der Waals surface area contributed by atoms with E-state index in [0.29, 0.717) is 11.6 Å². The molecule has 0 fully saturated rings. The Morgan fingerprint density at radius 1 is 1.26 bits per heavy atom. The molecule has 0 heterocycles. The lowest BCUT2D eigenvalue weighted by molar-refractivity contribution is 0.187. The van der Waals surface area contributed by atoms with E-state index in [9.17, 15) is 5.11 Å². The van der Waals surface area contributed by atoms with E-state index in [0.717, 1.165) is 31.0 Å². The van der Waals surface area contributed by atoms with Crippen LogP contribution < -0.4 is 10.6 Å². The van der Waals surface area contributed by atoms with Gasteiger partial charge in [-0.1, -0.05) is 30.7 Å². The number of aliphatic imine (C=N–C) groups is 1. The number of benzene rings is 1. The second kappa shape index (κ2) is 8.77. The molecule has 0 aromatic heterocycles. The zero-order chi connectivity index (χ0) is 14.1. The highest BCUT2D eigenvalue weighted by atomic mass is 35.5. The SMILES string of the molecule is CCCNC(=NCC(O)c1ccc(Cl)cc1)NCC. The second-order valence-corrected chi connectivity index (χ2v) is 4.65. The zero-order valence-corrected chi connectivity index (χ0v) is 12.2. The third-order valence-corrected chi connectivity index (χ3v) is 2.82. The van der Waals surface area contributed by atoms with Crippen molar-refractivity contribution in [3.63, 3.8) is 0 Å². The highest BCUT2D eigenvalue weighted by Gasteiger charge is 2.07. The van der Waals surface area contributed by atoms with E-state index in [1.54, 1.807) is 12.1 Å². The Labute approximate surface area is 119 Å². The topological polar surface area (TPSA) is 56.7 Å². The Bertz CT molecular complexity index is 392. The predicted octanol–water partition coefficient (Wildman–Crippen LogP) is 2.34. The molecule has 1 aromatic rings. The minimum Gasteiger partial charge on any atom is -0.386 e. The van der Waals surface area contributed by atoms with Gasteiger partial charge in [0.2, 0.25) is 0 Å². The van der Waals surface area contributed by atoms with Crippen LogP contribution in [0, 0.1) is 0 Å². The summed E-state index contributed by atoms with van der Waals surface area (Å²) in [5.74, 6) is 0.734. The van der Waals surface area contributed by atoms with Crippen LogP contribution in [-0.2, 0) is 0 Å². The quantitative estimate of drug-likeness (QED) is 0.555. The van der Waals surface area contributed by atoms with Gasteiger partial charge in [0.05, 0.1) is 12.6 Å². The summed E-state index contributed by atoms with van der Waals surface area (Å²) in [5.41, 5.74) is 0.819. The van der Waals surface area contributed by atoms with E-state index in [1.807, 2.05) is 19.1 Å².